The van der Waals surface area contributed by atoms with E-state index in [0.29, 0.717) is 25.5 Å². The summed E-state index contributed by atoms with van der Waals surface area (Å²) in [6.45, 7) is 0. The van der Waals surface area contributed by atoms with Crippen molar-refractivity contribution in [2.24, 2.45) is 0 Å². The molecule has 1 aromatic rings. The fourth-order valence-electron chi connectivity index (χ4n) is 2.80. The first-order valence-corrected chi connectivity index (χ1v) is 9.42. The average molecular weight is 540 g/mol. The van der Waals surface area contributed by atoms with Crippen molar-refractivity contribution in [2.75, 3.05) is 0 Å². The Kier molecular flexibility index (Phi) is 4.86. The first-order chi connectivity index (χ1) is 10.9. The lowest BCUT2D eigenvalue weighted by Gasteiger charge is -2.38. The number of phenols is 1. The summed E-state index contributed by atoms with van der Waals surface area (Å²) in [5.74, 6) is -2.16. The van der Waals surface area contributed by atoms with Crippen molar-refractivity contribution in [3.63, 3.8) is 0 Å². The molecular weight excluding hydrogens is 526 g/mol. The standard InChI is InChI=1S/C16H14I2O5/c17-11-7-9(8-12(18)13(11)19)6-10-14(20)22-16(23-15(10)21)4-2-1-3-5-16/h6-8,19H,1-5H2. The van der Waals surface area contributed by atoms with Crippen LogP contribution in [0.25, 0.3) is 6.08 Å². The first kappa shape index (κ1) is 17.0. The molecule has 5 nitrogen and oxygen atoms in total. The third kappa shape index (κ3) is 3.49. The third-order valence-corrected chi connectivity index (χ3v) is 5.61. The highest BCUT2D eigenvalue weighted by Gasteiger charge is 2.46. The quantitative estimate of drug-likeness (QED) is 0.255. The van der Waals surface area contributed by atoms with E-state index in [0.717, 1.165) is 19.3 Å². The summed E-state index contributed by atoms with van der Waals surface area (Å²) in [5.41, 5.74) is 0.526. The minimum Gasteiger partial charge on any atom is -0.506 e. The van der Waals surface area contributed by atoms with Crippen LogP contribution in [0.15, 0.2) is 17.7 Å². The molecule has 23 heavy (non-hydrogen) atoms. The Balaban J connectivity index is 1.89. The molecule has 122 valence electrons. The van der Waals surface area contributed by atoms with Gasteiger partial charge in [0.1, 0.15) is 11.3 Å². The minimum atomic E-state index is -1.07. The Labute approximate surface area is 160 Å². The largest absolute Gasteiger partial charge is 0.506 e. The van der Waals surface area contributed by atoms with Gasteiger partial charge in [-0.15, -0.1) is 0 Å². The number of hydrogen-bond donors (Lipinski definition) is 1. The van der Waals surface area contributed by atoms with Crippen LogP contribution in [0.4, 0.5) is 0 Å². The van der Waals surface area contributed by atoms with Crippen molar-refractivity contribution in [3.8, 4) is 5.75 Å². The molecule has 0 amide bonds. The van der Waals surface area contributed by atoms with Gasteiger partial charge in [0.05, 0.1) is 7.14 Å². The molecule has 0 radical (unpaired) electrons. The van der Waals surface area contributed by atoms with Crippen LogP contribution in [0, 0.1) is 7.14 Å². The van der Waals surface area contributed by atoms with Gasteiger partial charge in [0.2, 0.25) is 0 Å². The van der Waals surface area contributed by atoms with Gasteiger partial charge in [0.15, 0.2) is 0 Å². The molecular formula is C16H14I2O5. The smallest absolute Gasteiger partial charge is 0.348 e. The van der Waals surface area contributed by atoms with Gasteiger partial charge < -0.3 is 14.6 Å². The Morgan fingerprint density at radius 1 is 1.00 bits per heavy atom. The lowest BCUT2D eigenvalue weighted by molar-refractivity contribution is -0.244. The van der Waals surface area contributed by atoms with E-state index in [4.69, 9.17) is 9.47 Å². The molecule has 0 bridgehead atoms. The second kappa shape index (κ2) is 6.58. The van der Waals surface area contributed by atoms with E-state index in [9.17, 15) is 14.7 Å². The van der Waals surface area contributed by atoms with E-state index < -0.39 is 17.7 Å². The topological polar surface area (TPSA) is 72.8 Å². The summed E-state index contributed by atoms with van der Waals surface area (Å²) < 4.78 is 12.2. The molecule has 1 aliphatic carbocycles. The van der Waals surface area contributed by atoms with Gasteiger partial charge in [-0.3, -0.25) is 0 Å². The highest BCUT2D eigenvalue weighted by atomic mass is 127. The van der Waals surface area contributed by atoms with E-state index in [1.165, 1.54) is 6.08 Å². The van der Waals surface area contributed by atoms with Gasteiger partial charge in [-0.1, -0.05) is 6.42 Å². The molecule has 7 heteroatoms. The number of benzene rings is 1. The predicted molar refractivity (Wildman–Crippen MR) is 99.5 cm³/mol. The summed E-state index contributed by atoms with van der Waals surface area (Å²) in [6, 6.07) is 3.38. The lowest BCUT2D eigenvalue weighted by atomic mass is 9.93. The molecule has 0 unspecified atom stereocenters. The second-order valence-electron chi connectivity index (χ2n) is 5.64. The van der Waals surface area contributed by atoms with Crippen LogP contribution in [-0.2, 0) is 19.1 Å². The van der Waals surface area contributed by atoms with Gasteiger partial charge in [-0.05, 0) is 81.8 Å². The Bertz CT molecular complexity index is 659. The molecule has 2 fully saturated rings. The summed E-state index contributed by atoms with van der Waals surface area (Å²) in [5, 5.41) is 9.79. The molecule has 1 N–H and O–H groups in total. The summed E-state index contributed by atoms with van der Waals surface area (Å²) in [6.07, 6.45) is 5.40. The Morgan fingerprint density at radius 2 is 1.52 bits per heavy atom. The van der Waals surface area contributed by atoms with Crippen LogP contribution in [-0.4, -0.2) is 22.8 Å². The molecule has 1 spiro atoms. The maximum Gasteiger partial charge on any atom is 0.348 e. The van der Waals surface area contributed by atoms with Crippen molar-refractivity contribution in [1.82, 2.24) is 0 Å². The molecule has 3 rings (SSSR count). The highest BCUT2D eigenvalue weighted by Crippen LogP contribution is 2.37. The van der Waals surface area contributed by atoms with Crippen molar-refractivity contribution >= 4 is 63.2 Å². The van der Waals surface area contributed by atoms with Crippen LogP contribution >= 0.6 is 45.2 Å². The molecule has 0 aromatic heterocycles. The zero-order valence-electron chi connectivity index (χ0n) is 12.1. The summed E-state index contributed by atoms with van der Waals surface area (Å²) in [4.78, 5) is 24.5. The molecule has 0 atom stereocenters. The van der Waals surface area contributed by atoms with E-state index in [-0.39, 0.29) is 11.3 Å². The fraction of sp³-hybridized carbons (Fsp3) is 0.375. The number of esters is 2. The number of carbonyl (C=O) groups is 2. The summed E-state index contributed by atoms with van der Waals surface area (Å²) >= 11 is 3.99. The number of phenolic OH excluding ortho intramolecular Hbond substituents is 1. The first-order valence-electron chi connectivity index (χ1n) is 7.27. The maximum atomic E-state index is 12.3. The second-order valence-corrected chi connectivity index (χ2v) is 7.97. The van der Waals surface area contributed by atoms with Crippen LogP contribution in [0.3, 0.4) is 0 Å². The van der Waals surface area contributed by atoms with Gasteiger partial charge in [0.25, 0.3) is 5.79 Å². The Hall–Kier alpha value is -0.840. The normalized spacial score (nSPS) is 20.2. The van der Waals surface area contributed by atoms with E-state index >= 15 is 0 Å². The zero-order valence-corrected chi connectivity index (χ0v) is 16.4. The Morgan fingerprint density at radius 3 is 2.04 bits per heavy atom. The van der Waals surface area contributed by atoms with Crippen molar-refractivity contribution in [2.45, 2.75) is 37.9 Å². The monoisotopic (exact) mass is 540 g/mol. The predicted octanol–water partition coefficient (Wildman–Crippen LogP) is 3.75. The van der Waals surface area contributed by atoms with Crippen molar-refractivity contribution in [1.29, 1.82) is 0 Å². The van der Waals surface area contributed by atoms with Crippen LogP contribution in [0.2, 0.25) is 0 Å². The molecule has 1 saturated carbocycles. The van der Waals surface area contributed by atoms with Crippen molar-refractivity contribution in [3.05, 3.63) is 30.4 Å². The van der Waals surface area contributed by atoms with Crippen molar-refractivity contribution < 1.29 is 24.2 Å². The molecule has 1 heterocycles. The zero-order chi connectivity index (χ0) is 16.6. The number of halogens is 2. The van der Waals surface area contributed by atoms with E-state index in [1.54, 1.807) is 12.1 Å². The van der Waals surface area contributed by atoms with Gasteiger partial charge in [-0.2, -0.15) is 0 Å². The van der Waals surface area contributed by atoms with Crippen LogP contribution in [0.1, 0.15) is 37.7 Å². The molecule has 1 saturated heterocycles. The fourth-order valence-corrected chi connectivity index (χ4v) is 4.62. The average Bonchev–Trinajstić information content (AvgIpc) is 2.49. The molecule has 1 aromatic carbocycles. The highest BCUT2D eigenvalue weighted by molar-refractivity contribution is 14.1. The van der Waals surface area contributed by atoms with E-state index in [2.05, 4.69) is 0 Å². The number of rotatable bonds is 1. The SMILES string of the molecule is O=C1OC2(CCCCC2)OC(=O)C1=Cc1cc(I)c(O)c(I)c1. The number of hydrogen-bond acceptors (Lipinski definition) is 5. The number of ether oxygens (including phenoxy) is 2. The van der Waals surface area contributed by atoms with Crippen LogP contribution in [0.5, 0.6) is 5.75 Å². The van der Waals surface area contributed by atoms with E-state index in [1.807, 2.05) is 45.2 Å². The molecule has 1 aliphatic heterocycles. The maximum absolute atomic E-state index is 12.3. The van der Waals surface area contributed by atoms with Gasteiger partial charge in [0, 0.05) is 12.8 Å². The minimum absolute atomic E-state index is 0.113. The number of aromatic hydroxyl groups is 1. The number of carbonyl (C=O) groups excluding carboxylic acids is 2. The van der Waals surface area contributed by atoms with Gasteiger partial charge >= 0.3 is 11.9 Å². The van der Waals surface area contributed by atoms with Gasteiger partial charge in [-0.25, -0.2) is 9.59 Å². The summed E-state index contributed by atoms with van der Waals surface area (Å²) in [7, 11) is 0. The molecule has 2 aliphatic rings. The lowest BCUT2D eigenvalue weighted by Crippen LogP contribution is -2.47. The van der Waals surface area contributed by atoms with Crippen LogP contribution < -0.4 is 0 Å². The third-order valence-electron chi connectivity index (χ3n) is 3.96.